The Kier molecular flexibility index (Phi) is 5.99. The predicted octanol–water partition coefficient (Wildman–Crippen LogP) is 1.75. The van der Waals surface area contributed by atoms with Gasteiger partial charge in [0.2, 0.25) is 0 Å². The number of pyridine rings is 1. The third kappa shape index (κ3) is 5.01. The maximum atomic E-state index is 12.1. The molecule has 2 rings (SSSR count). The van der Waals surface area contributed by atoms with Gasteiger partial charge in [0.1, 0.15) is 11.5 Å². The summed E-state index contributed by atoms with van der Waals surface area (Å²) in [4.78, 5) is 21.0. The number of anilines is 1. The lowest BCUT2D eigenvalue weighted by molar-refractivity contribution is 0.0946. The van der Waals surface area contributed by atoms with Crippen LogP contribution in [0.3, 0.4) is 0 Å². The van der Waals surface area contributed by atoms with Crippen LogP contribution in [0, 0.1) is 0 Å². The number of aromatic nitrogens is 1. The summed E-state index contributed by atoms with van der Waals surface area (Å²) >= 11 is 0. The fraction of sp³-hybridized carbons (Fsp3) is 0.625. The van der Waals surface area contributed by atoms with E-state index < -0.39 is 0 Å². The molecule has 1 N–H and O–H groups in total. The van der Waals surface area contributed by atoms with E-state index in [1.165, 1.54) is 25.7 Å². The van der Waals surface area contributed by atoms with Crippen molar-refractivity contribution in [3.63, 3.8) is 0 Å². The normalized spacial score (nSPS) is 15.9. The van der Waals surface area contributed by atoms with Crippen molar-refractivity contribution < 1.29 is 4.79 Å². The minimum atomic E-state index is -0.0893. The molecule has 21 heavy (non-hydrogen) atoms. The molecule has 0 bridgehead atoms. The highest BCUT2D eigenvalue weighted by atomic mass is 16.1. The molecule has 1 aromatic heterocycles. The highest BCUT2D eigenvalue weighted by Crippen LogP contribution is 2.17. The molecular formula is C16H26N4O. The first-order chi connectivity index (χ1) is 10.2. The SMILES string of the molecule is CN(C)CCNC(=O)c1cccc(N2CCCCCC2)n1. The summed E-state index contributed by atoms with van der Waals surface area (Å²) in [5, 5.41) is 2.91. The molecule has 1 aliphatic rings. The Balaban J connectivity index is 1.97. The van der Waals surface area contributed by atoms with Crippen molar-refractivity contribution in [1.29, 1.82) is 0 Å². The minimum absolute atomic E-state index is 0.0893. The Bertz CT molecular complexity index is 453. The van der Waals surface area contributed by atoms with Gasteiger partial charge < -0.3 is 15.1 Å². The lowest BCUT2D eigenvalue weighted by atomic mass is 10.2. The van der Waals surface area contributed by atoms with E-state index in [1.54, 1.807) is 6.07 Å². The van der Waals surface area contributed by atoms with Crippen LogP contribution in [0.25, 0.3) is 0 Å². The molecule has 1 aliphatic heterocycles. The van der Waals surface area contributed by atoms with Gasteiger partial charge in [-0.3, -0.25) is 4.79 Å². The first kappa shape index (κ1) is 15.8. The van der Waals surface area contributed by atoms with Gasteiger partial charge in [-0.05, 0) is 39.1 Å². The van der Waals surface area contributed by atoms with Crippen LogP contribution in [0.4, 0.5) is 5.82 Å². The van der Waals surface area contributed by atoms with Gasteiger partial charge in [-0.15, -0.1) is 0 Å². The molecule has 5 heteroatoms. The van der Waals surface area contributed by atoms with Crippen molar-refractivity contribution >= 4 is 11.7 Å². The molecule has 0 unspecified atom stereocenters. The monoisotopic (exact) mass is 290 g/mol. The second kappa shape index (κ2) is 7.98. The number of likely N-dealkylation sites (N-methyl/N-ethyl adjacent to an activating group) is 1. The largest absolute Gasteiger partial charge is 0.357 e. The van der Waals surface area contributed by atoms with E-state index in [0.717, 1.165) is 25.5 Å². The average Bonchev–Trinajstić information content (AvgIpc) is 2.76. The molecule has 116 valence electrons. The molecule has 0 aromatic carbocycles. The number of amides is 1. The van der Waals surface area contributed by atoms with Gasteiger partial charge in [-0.1, -0.05) is 18.9 Å². The van der Waals surface area contributed by atoms with E-state index in [2.05, 4.69) is 15.2 Å². The number of hydrogen-bond donors (Lipinski definition) is 1. The van der Waals surface area contributed by atoms with E-state index in [0.29, 0.717) is 12.2 Å². The standard InChI is InChI=1S/C16H26N4O/c1-19(2)13-10-17-16(21)14-8-7-9-15(18-14)20-11-5-3-4-6-12-20/h7-9H,3-6,10-13H2,1-2H3,(H,17,21). The predicted molar refractivity (Wildman–Crippen MR) is 85.8 cm³/mol. The van der Waals surface area contributed by atoms with E-state index in [1.807, 2.05) is 31.1 Å². The topological polar surface area (TPSA) is 48.5 Å². The molecule has 1 amide bonds. The van der Waals surface area contributed by atoms with Crippen molar-refractivity contribution in [1.82, 2.24) is 15.2 Å². The summed E-state index contributed by atoms with van der Waals surface area (Å²) in [7, 11) is 3.98. The van der Waals surface area contributed by atoms with Gasteiger partial charge in [0.15, 0.2) is 0 Å². The van der Waals surface area contributed by atoms with Crippen LogP contribution in [0.15, 0.2) is 18.2 Å². The smallest absolute Gasteiger partial charge is 0.270 e. The highest BCUT2D eigenvalue weighted by Gasteiger charge is 2.13. The minimum Gasteiger partial charge on any atom is -0.357 e. The third-order valence-corrected chi connectivity index (χ3v) is 3.74. The van der Waals surface area contributed by atoms with E-state index in [-0.39, 0.29) is 5.91 Å². The van der Waals surface area contributed by atoms with Crippen LogP contribution in [-0.4, -0.2) is 56.1 Å². The number of carbonyl (C=O) groups excluding carboxylic acids is 1. The van der Waals surface area contributed by atoms with Crippen LogP contribution in [0.5, 0.6) is 0 Å². The quantitative estimate of drug-likeness (QED) is 0.897. The van der Waals surface area contributed by atoms with E-state index in [4.69, 9.17) is 0 Å². The fourth-order valence-corrected chi connectivity index (χ4v) is 2.51. The Hall–Kier alpha value is -1.62. The van der Waals surface area contributed by atoms with Crippen molar-refractivity contribution in [2.45, 2.75) is 25.7 Å². The van der Waals surface area contributed by atoms with Gasteiger partial charge in [0, 0.05) is 26.2 Å². The van der Waals surface area contributed by atoms with E-state index >= 15 is 0 Å². The number of rotatable bonds is 5. The van der Waals surface area contributed by atoms with Crippen LogP contribution in [0.1, 0.15) is 36.2 Å². The number of carbonyl (C=O) groups is 1. The molecule has 1 aromatic rings. The summed E-state index contributed by atoms with van der Waals surface area (Å²) in [5.41, 5.74) is 0.510. The number of hydrogen-bond acceptors (Lipinski definition) is 4. The molecule has 0 spiro atoms. The lowest BCUT2D eigenvalue weighted by Crippen LogP contribution is -2.32. The summed E-state index contributed by atoms with van der Waals surface area (Å²) in [6, 6.07) is 5.71. The Labute approximate surface area is 127 Å². The number of nitrogens with one attached hydrogen (secondary N) is 1. The van der Waals surface area contributed by atoms with Gasteiger partial charge in [-0.25, -0.2) is 4.98 Å². The zero-order valence-corrected chi connectivity index (χ0v) is 13.1. The summed E-state index contributed by atoms with van der Waals surface area (Å²) in [6.07, 6.45) is 5.00. The van der Waals surface area contributed by atoms with Gasteiger partial charge in [-0.2, -0.15) is 0 Å². The van der Waals surface area contributed by atoms with Crippen molar-refractivity contribution in [2.75, 3.05) is 45.2 Å². The van der Waals surface area contributed by atoms with Gasteiger partial charge in [0.25, 0.3) is 5.91 Å². The first-order valence-corrected chi connectivity index (χ1v) is 7.82. The van der Waals surface area contributed by atoms with Gasteiger partial charge >= 0.3 is 0 Å². The van der Waals surface area contributed by atoms with Crippen molar-refractivity contribution in [2.24, 2.45) is 0 Å². The van der Waals surface area contributed by atoms with Crippen molar-refractivity contribution in [3.8, 4) is 0 Å². The van der Waals surface area contributed by atoms with Crippen molar-refractivity contribution in [3.05, 3.63) is 23.9 Å². The molecular weight excluding hydrogens is 264 g/mol. The first-order valence-electron chi connectivity index (χ1n) is 7.82. The molecule has 0 aliphatic carbocycles. The third-order valence-electron chi connectivity index (χ3n) is 3.74. The van der Waals surface area contributed by atoms with Gasteiger partial charge in [0.05, 0.1) is 0 Å². The molecule has 0 saturated carbocycles. The lowest BCUT2D eigenvalue weighted by Gasteiger charge is -2.21. The second-order valence-corrected chi connectivity index (χ2v) is 5.84. The number of nitrogens with zero attached hydrogens (tertiary/aromatic N) is 3. The van der Waals surface area contributed by atoms with Crippen LogP contribution >= 0.6 is 0 Å². The molecule has 1 saturated heterocycles. The summed E-state index contributed by atoms with van der Waals surface area (Å²) in [5.74, 6) is 0.839. The Morgan fingerprint density at radius 3 is 2.62 bits per heavy atom. The Morgan fingerprint density at radius 2 is 1.95 bits per heavy atom. The molecule has 5 nitrogen and oxygen atoms in total. The maximum absolute atomic E-state index is 12.1. The van der Waals surface area contributed by atoms with Crippen LogP contribution < -0.4 is 10.2 Å². The highest BCUT2D eigenvalue weighted by molar-refractivity contribution is 5.92. The molecule has 0 atom stereocenters. The molecule has 0 radical (unpaired) electrons. The second-order valence-electron chi connectivity index (χ2n) is 5.84. The van der Waals surface area contributed by atoms with Crippen LogP contribution in [-0.2, 0) is 0 Å². The zero-order chi connectivity index (χ0) is 15.1. The maximum Gasteiger partial charge on any atom is 0.270 e. The summed E-state index contributed by atoms with van der Waals surface area (Å²) < 4.78 is 0. The molecule has 1 fully saturated rings. The summed E-state index contributed by atoms with van der Waals surface area (Å²) in [6.45, 7) is 3.55. The van der Waals surface area contributed by atoms with Crippen LogP contribution in [0.2, 0.25) is 0 Å². The van der Waals surface area contributed by atoms with E-state index in [9.17, 15) is 4.79 Å². The Morgan fingerprint density at radius 1 is 1.24 bits per heavy atom. The molecule has 2 heterocycles. The zero-order valence-electron chi connectivity index (χ0n) is 13.1. The fourth-order valence-electron chi connectivity index (χ4n) is 2.51. The average molecular weight is 290 g/mol.